The van der Waals surface area contributed by atoms with Crippen LogP contribution in [0.3, 0.4) is 0 Å². The second-order valence-electron chi connectivity index (χ2n) is 5.32. The molecule has 0 aliphatic heterocycles. The van der Waals surface area contributed by atoms with Crippen LogP contribution in [0.4, 0.5) is 0 Å². The van der Waals surface area contributed by atoms with E-state index >= 15 is 0 Å². The highest BCUT2D eigenvalue weighted by atomic mass is 79.9. The first-order valence-electron chi connectivity index (χ1n) is 7.45. The van der Waals surface area contributed by atoms with E-state index in [0.29, 0.717) is 13.2 Å². The molecule has 1 aromatic heterocycles. The van der Waals surface area contributed by atoms with Crippen LogP contribution in [0.1, 0.15) is 0 Å². The summed E-state index contributed by atoms with van der Waals surface area (Å²) in [7, 11) is 0. The lowest BCUT2D eigenvalue weighted by Gasteiger charge is -2.08. The molecule has 25 heavy (non-hydrogen) atoms. The lowest BCUT2D eigenvalue weighted by Crippen LogP contribution is -3.00. The largest absolute Gasteiger partial charge is 1.00 e. The number of primary amides is 1. The van der Waals surface area contributed by atoms with Gasteiger partial charge in [0.1, 0.15) is 18.9 Å². The van der Waals surface area contributed by atoms with Crippen LogP contribution in [0.5, 0.6) is 5.75 Å². The van der Waals surface area contributed by atoms with Crippen molar-refractivity contribution in [1.29, 1.82) is 5.41 Å². The summed E-state index contributed by atoms with van der Waals surface area (Å²) in [6.07, 6.45) is 0. The van der Waals surface area contributed by atoms with Gasteiger partial charge in [-0.2, -0.15) is 0 Å². The van der Waals surface area contributed by atoms with Gasteiger partial charge in [-0.3, -0.25) is 10.2 Å². The summed E-state index contributed by atoms with van der Waals surface area (Å²) in [4.78, 5) is 11.3. The summed E-state index contributed by atoms with van der Waals surface area (Å²) < 4.78 is 10.2. The number of carbonyl (C=O) groups excluding carboxylic acids is 1. The Morgan fingerprint density at radius 3 is 2.28 bits per heavy atom. The quantitative estimate of drug-likeness (QED) is 0.546. The lowest BCUT2D eigenvalue weighted by atomic mass is 10.3. The number of fused-ring (bicyclic) bond motifs is 1. The Balaban J connectivity index is 0.00000225. The first-order valence-corrected chi connectivity index (χ1v) is 8.25. The molecule has 1 heterocycles. The Bertz CT molecular complexity index is 934. The third kappa shape index (κ3) is 4.24. The number of nitrogens with two attached hydrogens (primary N) is 1. The molecule has 0 bridgehead atoms. The van der Waals surface area contributed by atoms with Crippen LogP contribution in [-0.2, 0) is 17.9 Å². The Kier molecular flexibility index (Phi) is 6.27. The minimum Gasteiger partial charge on any atom is -1.00 e. The molecular formula is C17H17BrClN4O2-. The highest BCUT2D eigenvalue weighted by molar-refractivity contribution is 9.10. The predicted molar refractivity (Wildman–Crippen MR) is 94.6 cm³/mol. The molecule has 0 fully saturated rings. The fraction of sp³-hybridized carbons (Fsp3) is 0.176. The van der Waals surface area contributed by atoms with E-state index in [1.165, 1.54) is 0 Å². The summed E-state index contributed by atoms with van der Waals surface area (Å²) in [5.41, 5.74) is 7.22. The van der Waals surface area contributed by atoms with Crippen molar-refractivity contribution in [3.05, 3.63) is 58.6 Å². The number of hydrogen-bond donors (Lipinski definition) is 2. The third-order valence-corrected chi connectivity index (χ3v) is 4.21. The molecule has 3 aromatic rings. The van der Waals surface area contributed by atoms with Crippen LogP contribution in [0, 0.1) is 5.41 Å². The number of hydrogen-bond acceptors (Lipinski definition) is 3. The molecule has 0 aliphatic carbocycles. The van der Waals surface area contributed by atoms with E-state index < -0.39 is 5.91 Å². The maximum Gasteiger partial charge on any atom is 0.237 e. The normalized spacial score (nSPS) is 10.4. The smallest absolute Gasteiger partial charge is 0.237 e. The van der Waals surface area contributed by atoms with Gasteiger partial charge >= 0.3 is 0 Å². The molecule has 0 saturated carbocycles. The second kappa shape index (κ2) is 8.22. The standard InChI is InChI=1S/C17H17BrN4O2.ClH/c18-12-5-7-13(8-6-12)24-10-9-21-14-3-1-2-4-15(14)22(17(21)20)11-16(19)23;/h1-8,20H,9-11H2,(H2,19,23);1H/p-1. The van der Waals surface area contributed by atoms with Crippen molar-refractivity contribution in [2.75, 3.05) is 6.61 Å². The van der Waals surface area contributed by atoms with E-state index in [2.05, 4.69) is 15.9 Å². The second-order valence-corrected chi connectivity index (χ2v) is 6.23. The number of rotatable bonds is 6. The molecular weight excluding hydrogens is 408 g/mol. The zero-order valence-corrected chi connectivity index (χ0v) is 15.6. The zero-order valence-electron chi connectivity index (χ0n) is 13.3. The van der Waals surface area contributed by atoms with E-state index in [4.69, 9.17) is 15.9 Å². The maximum absolute atomic E-state index is 11.3. The average molecular weight is 425 g/mol. The molecule has 1 amide bonds. The van der Waals surface area contributed by atoms with Crippen LogP contribution in [0.25, 0.3) is 11.0 Å². The molecule has 0 unspecified atom stereocenters. The van der Waals surface area contributed by atoms with Crippen molar-refractivity contribution < 1.29 is 21.9 Å². The summed E-state index contributed by atoms with van der Waals surface area (Å²) in [6.45, 7) is 0.907. The summed E-state index contributed by atoms with van der Waals surface area (Å²) in [6, 6.07) is 15.2. The van der Waals surface area contributed by atoms with Gasteiger partial charge in [-0.05, 0) is 36.4 Å². The number of amides is 1. The van der Waals surface area contributed by atoms with E-state index in [9.17, 15) is 4.79 Å². The average Bonchev–Trinajstić information content (AvgIpc) is 2.82. The van der Waals surface area contributed by atoms with Gasteiger partial charge < -0.3 is 32.0 Å². The van der Waals surface area contributed by atoms with Crippen LogP contribution in [0.15, 0.2) is 53.0 Å². The number of halogens is 2. The predicted octanol–water partition coefficient (Wildman–Crippen LogP) is -0.747. The number of carbonyl (C=O) groups is 1. The van der Waals surface area contributed by atoms with Crippen molar-refractivity contribution in [3.63, 3.8) is 0 Å². The van der Waals surface area contributed by atoms with Crippen molar-refractivity contribution in [2.45, 2.75) is 13.1 Å². The fourth-order valence-corrected chi connectivity index (χ4v) is 2.89. The Hall–Kier alpha value is -2.25. The topological polar surface area (TPSA) is 86.0 Å². The molecule has 0 radical (unpaired) electrons. The van der Waals surface area contributed by atoms with Gasteiger partial charge in [0.05, 0.1) is 17.6 Å². The van der Waals surface area contributed by atoms with Gasteiger partial charge in [0.15, 0.2) is 0 Å². The van der Waals surface area contributed by atoms with E-state index in [0.717, 1.165) is 21.3 Å². The molecule has 8 heteroatoms. The summed E-state index contributed by atoms with van der Waals surface area (Å²) in [5.74, 6) is 0.300. The van der Waals surface area contributed by atoms with E-state index in [1.54, 1.807) is 4.57 Å². The summed E-state index contributed by atoms with van der Waals surface area (Å²) in [5, 5.41) is 8.34. The zero-order chi connectivity index (χ0) is 17.1. The third-order valence-electron chi connectivity index (χ3n) is 3.69. The summed E-state index contributed by atoms with van der Waals surface area (Å²) >= 11 is 3.38. The minimum atomic E-state index is -0.470. The molecule has 3 rings (SSSR count). The van der Waals surface area contributed by atoms with Crippen LogP contribution >= 0.6 is 15.9 Å². The molecule has 0 atom stereocenters. The van der Waals surface area contributed by atoms with Gasteiger partial charge in [0.25, 0.3) is 0 Å². The minimum absolute atomic E-state index is 0. The van der Waals surface area contributed by atoms with Gasteiger partial charge in [-0.15, -0.1) is 0 Å². The van der Waals surface area contributed by atoms with Gasteiger partial charge in [-0.1, -0.05) is 28.1 Å². The number of ether oxygens (including phenoxy) is 1. The van der Waals surface area contributed by atoms with E-state index in [1.807, 2.05) is 53.1 Å². The van der Waals surface area contributed by atoms with Crippen molar-refractivity contribution >= 4 is 32.9 Å². The highest BCUT2D eigenvalue weighted by Crippen LogP contribution is 2.16. The number of nitrogens with zero attached hydrogens (tertiary/aromatic N) is 2. The van der Waals surface area contributed by atoms with E-state index in [-0.39, 0.29) is 24.6 Å². The number of nitrogens with one attached hydrogen (secondary N) is 1. The molecule has 0 spiro atoms. The van der Waals surface area contributed by atoms with Crippen LogP contribution in [-0.4, -0.2) is 21.6 Å². The molecule has 2 aromatic carbocycles. The molecule has 0 saturated heterocycles. The molecule has 3 N–H and O–H groups in total. The monoisotopic (exact) mass is 423 g/mol. The maximum atomic E-state index is 11.3. The van der Waals surface area contributed by atoms with Gasteiger partial charge in [0.2, 0.25) is 11.5 Å². The SMILES string of the molecule is N=c1n(CCOc2ccc(Br)cc2)c2ccccc2n1CC(N)=O.[Cl-]. The van der Waals surface area contributed by atoms with Gasteiger partial charge in [0, 0.05) is 4.47 Å². The van der Waals surface area contributed by atoms with Gasteiger partial charge in [-0.25, -0.2) is 0 Å². The number of aromatic nitrogens is 2. The van der Waals surface area contributed by atoms with Crippen molar-refractivity contribution in [3.8, 4) is 5.75 Å². The first-order chi connectivity index (χ1) is 11.6. The first kappa shape index (κ1) is 19.1. The Morgan fingerprint density at radius 1 is 1.08 bits per heavy atom. The molecule has 6 nitrogen and oxygen atoms in total. The lowest BCUT2D eigenvalue weighted by molar-refractivity contribution is -0.118. The Morgan fingerprint density at radius 2 is 1.68 bits per heavy atom. The highest BCUT2D eigenvalue weighted by Gasteiger charge is 2.11. The van der Waals surface area contributed by atoms with Crippen molar-refractivity contribution in [1.82, 2.24) is 9.13 Å². The van der Waals surface area contributed by atoms with Crippen molar-refractivity contribution in [2.24, 2.45) is 5.73 Å². The number of para-hydroxylation sites is 2. The number of imidazole rings is 1. The fourth-order valence-electron chi connectivity index (χ4n) is 2.62. The van der Waals surface area contributed by atoms with Crippen LogP contribution in [0.2, 0.25) is 0 Å². The molecule has 132 valence electrons. The Labute approximate surface area is 159 Å². The molecule has 0 aliphatic rings. The van der Waals surface area contributed by atoms with Crippen LogP contribution < -0.4 is 28.5 Å². The number of benzene rings is 2.